The molecule has 0 bridgehead atoms. The van der Waals surface area contributed by atoms with Gasteiger partial charge in [0.2, 0.25) is 0 Å². The molecular weight excluding hydrogens is 226 g/mol. The molecule has 1 aliphatic rings. The second-order valence-electron chi connectivity index (χ2n) is 6.54. The number of nitrogens with one attached hydrogen (secondary N) is 1. The fourth-order valence-corrected chi connectivity index (χ4v) is 3.20. The second-order valence-corrected chi connectivity index (χ2v) is 7.57. The Balaban J connectivity index is 1.82. The Bertz CT molecular complexity index is 330. The van der Waals surface area contributed by atoms with Gasteiger partial charge in [-0.3, -0.25) is 0 Å². The highest BCUT2D eigenvalue weighted by Crippen LogP contribution is 2.44. The van der Waals surface area contributed by atoms with E-state index in [4.69, 9.17) is 0 Å². The topological polar surface area (TPSA) is 12.0 Å². The first-order valence-corrected chi connectivity index (χ1v) is 7.65. The van der Waals surface area contributed by atoms with E-state index in [1.54, 1.807) is 4.88 Å². The molecule has 0 aliphatic heterocycles. The number of hydrogen-bond acceptors (Lipinski definition) is 2. The van der Waals surface area contributed by atoms with Gasteiger partial charge in [-0.2, -0.15) is 0 Å². The van der Waals surface area contributed by atoms with Crippen molar-refractivity contribution in [2.75, 3.05) is 6.54 Å². The molecule has 1 N–H and O–H groups in total. The number of thiophene rings is 1. The lowest BCUT2D eigenvalue weighted by Gasteiger charge is -2.44. The van der Waals surface area contributed by atoms with Crippen LogP contribution in [0.4, 0.5) is 0 Å². The third-order valence-electron chi connectivity index (χ3n) is 3.89. The molecule has 17 heavy (non-hydrogen) atoms. The molecule has 0 spiro atoms. The molecule has 0 unspecified atom stereocenters. The zero-order valence-corrected chi connectivity index (χ0v) is 12.2. The fourth-order valence-electron chi connectivity index (χ4n) is 2.49. The molecule has 1 aromatic rings. The molecule has 2 rings (SSSR count). The van der Waals surface area contributed by atoms with Crippen molar-refractivity contribution in [2.24, 2.45) is 5.41 Å². The van der Waals surface area contributed by atoms with Gasteiger partial charge in [-0.05, 0) is 63.3 Å². The first-order chi connectivity index (χ1) is 7.99. The van der Waals surface area contributed by atoms with Crippen molar-refractivity contribution >= 4 is 11.3 Å². The minimum atomic E-state index is 0.255. The maximum Gasteiger partial charge on any atom is 0.00967 e. The minimum Gasteiger partial charge on any atom is -0.312 e. The average Bonchev–Trinajstić information content (AvgIpc) is 2.66. The van der Waals surface area contributed by atoms with Crippen LogP contribution in [0, 0.1) is 5.41 Å². The van der Waals surface area contributed by atoms with Crippen LogP contribution in [0.1, 0.15) is 51.3 Å². The molecule has 1 heterocycles. The minimum absolute atomic E-state index is 0.255. The van der Waals surface area contributed by atoms with E-state index >= 15 is 0 Å². The van der Waals surface area contributed by atoms with E-state index < -0.39 is 0 Å². The summed E-state index contributed by atoms with van der Waals surface area (Å²) in [4.78, 5) is 1.55. The van der Waals surface area contributed by atoms with Gasteiger partial charge in [-0.15, -0.1) is 11.3 Å². The van der Waals surface area contributed by atoms with Crippen molar-refractivity contribution in [3.05, 3.63) is 22.4 Å². The van der Waals surface area contributed by atoms with E-state index in [2.05, 4.69) is 43.6 Å². The third kappa shape index (κ3) is 3.82. The van der Waals surface area contributed by atoms with Gasteiger partial charge in [0, 0.05) is 17.0 Å². The van der Waals surface area contributed by atoms with E-state index in [1.165, 1.54) is 38.6 Å². The summed E-state index contributed by atoms with van der Waals surface area (Å²) in [6, 6.07) is 4.44. The van der Waals surface area contributed by atoms with Crippen LogP contribution in [0.2, 0.25) is 0 Å². The zero-order valence-electron chi connectivity index (χ0n) is 11.4. The number of rotatable bonds is 5. The molecule has 96 valence electrons. The van der Waals surface area contributed by atoms with Crippen LogP contribution >= 0.6 is 11.3 Å². The molecule has 1 nitrogen and oxygen atoms in total. The average molecular weight is 251 g/mol. The fraction of sp³-hybridized carbons (Fsp3) is 0.733. The van der Waals surface area contributed by atoms with Crippen LogP contribution < -0.4 is 5.32 Å². The molecule has 1 aromatic heterocycles. The van der Waals surface area contributed by atoms with Gasteiger partial charge in [-0.1, -0.05) is 12.5 Å². The molecule has 1 saturated carbocycles. The lowest BCUT2D eigenvalue weighted by Crippen LogP contribution is -2.47. The van der Waals surface area contributed by atoms with E-state index in [9.17, 15) is 0 Å². The second kappa shape index (κ2) is 5.11. The van der Waals surface area contributed by atoms with Crippen LogP contribution in [0.15, 0.2) is 17.5 Å². The lowest BCUT2D eigenvalue weighted by atomic mass is 9.65. The Morgan fingerprint density at radius 1 is 1.35 bits per heavy atom. The highest BCUT2D eigenvalue weighted by Gasteiger charge is 2.36. The van der Waals surface area contributed by atoms with Crippen molar-refractivity contribution in [2.45, 2.75) is 58.4 Å². The van der Waals surface area contributed by atoms with E-state index in [1.807, 2.05) is 11.3 Å². The van der Waals surface area contributed by atoms with Gasteiger partial charge in [0.25, 0.3) is 0 Å². The summed E-state index contributed by atoms with van der Waals surface area (Å²) in [6.07, 6.45) is 6.89. The van der Waals surface area contributed by atoms with E-state index in [0.717, 1.165) is 0 Å². The normalized spacial score (nSPS) is 19.0. The molecule has 0 amide bonds. The SMILES string of the molecule is CC(C)(C)NCC1(CCc2cccs2)CCC1. The largest absolute Gasteiger partial charge is 0.312 e. The summed E-state index contributed by atoms with van der Waals surface area (Å²) in [5.74, 6) is 0. The van der Waals surface area contributed by atoms with Crippen LogP contribution in [-0.4, -0.2) is 12.1 Å². The number of aryl methyl sites for hydroxylation is 1. The van der Waals surface area contributed by atoms with Gasteiger partial charge >= 0.3 is 0 Å². The van der Waals surface area contributed by atoms with Crippen molar-refractivity contribution in [1.82, 2.24) is 5.32 Å². The Morgan fingerprint density at radius 2 is 2.12 bits per heavy atom. The maximum absolute atomic E-state index is 3.70. The highest BCUT2D eigenvalue weighted by atomic mass is 32.1. The van der Waals surface area contributed by atoms with Gasteiger partial charge in [-0.25, -0.2) is 0 Å². The predicted octanol–water partition coefficient (Wildman–Crippen LogP) is 4.24. The van der Waals surface area contributed by atoms with Gasteiger partial charge in [0.1, 0.15) is 0 Å². The molecule has 0 atom stereocenters. The first kappa shape index (κ1) is 13.1. The summed E-state index contributed by atoms with van der Waals surface area (Å²) < 4.78 is 0. The summed E-state index contributed by atoms with van der Waals surface area (Å²) in [5, 5.41) is 5.89. The summed E-state index contributed by atoms with van der Waals surface area (Å²) in [6.45, 7) is 7.98. The van der Waals surface area contributed by atoms with Crippen LogP contribution in [0.5, 0.6) is 0 Å². The van der Waals surface area contributed by atoms with Crippen molar-refractivity contribution < 1.29 is 0 Å². The van der Waals surface area contributed by atoms with Gasteiger partial charge < -0.3 is 5.32 Å². The first-order valence-electron chi connectivity index (χ1n) is 6.77. The molecule has 0 aromatic carbocycles. The molecular formula is C15H25NS. The van der Waals surface area contributed by atoms with Crippen molar-refractivity contribution in [3.8, 4) is 0 Å². The number of hydrogen-bond donors (Lipinski definition) is 1. The Morgan fingerprint density at radius 3 is 2.59 bits per heavy atom. The van der Waals surface area contributed by atoms with Crippen LogP contribution in [0.25, 0.3) is 0 Å². The summed E-state index contributed by atoms with van der Waals surface area (Å²) in [5.41, 5.74) is 0.850. The monoisotopic (exact) mass is 251 g/mol. The Labute approximate surface area is 110 Å². The quantitative estimate of drug-likeness (QED) is 0.825. The standard InChI is InChI=1S/C15H25NS/c1-14(2,3)16-12-15(8-5-9-15)10-7-13-6-4-11-17-13/h4,6,11,16H,5,7-10,12H2,1-3H3. The maximum atomic E-state index is 3.70. The van der Waals surface area contributed by atoms with Gasteiger partial charge in [0.05, 0.1) is 0 Å². The summed E-state index contributed by atoms with van der Waals surface area (Å²) in [7, 11) is 0. The van der Waals surface area contributed by atoms with E-state index in [-0.39, 0.29) is 5.54 Å². The van der Waals surface area contributed by atoms with Gasteiger partial charge in [0.15, 0.2) is 0 Å². The molecule has 1 fully saturated rings. The highest BCUT2D eigenvalue weighted by molar-refractivity contribution is 7.09. The molecule has 0 radical (unpaired) electrons. The summed E-state index contributed by atoms with van der Waals surface area (Å²) >= 11 is 1.90. The molecule has 2 heteroatoms. The van der Waals surface area contributed by atoms with Crippen molar-refractivity contribution in [3.63, 3.8) is 0 Å². The molecule has 1 aliphatic carbocycles. The Kier molecular flexibility index (Phi) is 3.94. The predicted molar refractivity (Wildman–Crippen MR) is 76.7 cm³/mol. The van der Waals surface area contributed by atoms with Crippen LogP contribution in [0.3, 0.4) is 0 Å². The lowest BCUT2D eigenvalue weighted by molar-refractivity contribution is 0.107. The third-order valence-corrected chi connectivity index (χ3v) is 4.83. The molecule has 0 saturated heterocycles. The smallest absolute Gasteiger partial charge is 0.00967 e. The van der Waals surface area contributed by atoms with E-state index in [0.29, 0.717) is 5.41 Å². The zero-order chi connectivity index (χ0) is 12.4. The van der Waals surface area contributed by atoms with Crippen LogP contribution in [-0.2, 0) is 6.42 Å². The Hall–Kier alpha value is -0.340. The van der Waals surface area contributed by atoms with Crippen molar-refractivity contribution in [1.29, 1.82) is 0 Å².